The van der Waals surface area contributed by atoms with Gasteiger partial charge in [0.25, 0.3) is 0 Å². The van der Waals surface area contributed by atoms with Crippen molar-refractivity contribution >= 4 is 11.9 Å². The number of aryl methyl sites for hydroxylation is 1. The molecule has 9 nitrogen and oxygen atoms in total. The van der Waals surface area contributed by atoms with Crippen molar-refractivity contribution in [2.24, 2.45) is 0 Å². The van der Waals surface area contributed by atoms with E-state index in [-0.39, 0.29) is 0 Å². The van der Waals surface area contributed by atoms with Crippen molar-refractivity contribution < 1.29 is 34.8 Å². The molecule has 0 fully saturated rings. The van der Waals surface area contributed by atoms with E-state index in [9.17, 15) is 9.59 Å². The molecule has 0 saturated carbocycles. The van der Waals surface area contributed by atoms with E-state index >= 15 is 0 Å². The molecule has 0 aliphatic heterocycles. The third kappa shape index (κ3) is 9.93. The Labute approximate surface area is 188 Å². The Morgan fingerprint density at radius 3 is 2.06 bits per heavy atom. The minimum Gasteiger partial charge on any atom is -0.494 e. The van der Waals surface area contributed by atoms with E-state index < -0.39 is 24.1 Å². The number of rotatable bonds is 13. The number of carbonyl (C=O) groups is 2. The first-order valence-electron chi connectivity index (χ1n) is 10.9. The normalized spacial score (nSPS) is 12.4. The summed E-state index contributed by atoms with van der Waals surface area (Å²) in [5.74, 6) is -2.59. The molecule has 2 aromatic rings. The molecule has 0 radical (unpaired) electrons. The smallest absolute Gasteiger partial charge is 0.335 e. The Morgan fingerprint density at radius 1 is 0.938 bits per heavy atom. The summed E-state index contributed by atoms with van der Waals surface area (Å²) < 4.78 is 7.94. The van der Waals surface area contributed by atoms with E-state index in [1.807, 2.05) is 18.5 Å². The molecule has 1 aromatic heterocycles. The van der Waals surface area contributed by atoms with Gasteiger partial charge in [0.05, 0.1) is 18.6 Å². The molecule has 178 valence electrons. The Balaban J connectivity index is 0.000000433. The fourth-order valence-corrected chi connectivity index (χ4v) is 2.68. The number of hydrogen-bond acceptors (Lipinski definition) is 6. The highest BCUT2D eigenvalue weighted by Crippen LogP contribution is 2.21. The number of aliphatic carboxylic acids is 2. The number of aromatic nitrogens is 2. The summed E-state index contributed by atoms with van der Waals surface area (Å²) in [6.45, 7) is 6.29. The summed E-state index contributed by atoms with van der Waals surface area (Å²) in [6, 6.07) is 8.27. The van der Waals surface area contributed by atoms with Crippen molar-refractivity contribution in [2.75, 3.05) is 6.61 Å². The molecular weight excluding hydrogens is 416 g/mol. The van der Waals surface area contributed by atoms with Gasteiger partial charge >= 0.3 is 11.9 Å². The van der Waals surface area contributed by atoms with Crippen molar-refractivity contribution in [3.05, 3.63) is 36.8 Å². The Bertz CT molecular complexity index is 787. The molecule has 0 amide bonds. The van der Waals surface area contributed by atoms with Gasteiger partial charge in [-0.15, -0.1) is 0 Å². The number of hydrogen-bond donors (Lipinski definition) is 4. The van der Waals surface area contributed by atoms with Crippen molar-refractivity contribution in [3.63, 3.8) is 0 Å². The van der Waals surface area contributed by atoms with Gasteiger partial charge in [-0.25, -0.2) is 14.6 Å². The van der Waals surface area contributed by atoms with Crippen LogP contribution < -0.4 is 4.74 Å². The number of unbranched alkanes of at least 4 members (excludes halogenated alkanes) is 4. The lowest BCUT2D eigenvalue weighted by Crippen LogP contribution is -2.39. The number of benzene rings is 1. The topological polar surface area (TPSA) is 142 Å². The minimum atomic E-state index is -2.27. The van der Waals surface area contributed by atoms with Gasteiger partial charge in [-0.05, 0) is 37.1 Å². The summed E-state index contributed by atoms with van der Waals surface area (Å²) in [4.78, 5) is 24.0. The van der Waals surface area contributed by atoms with Crippen molar-refractivity contribution in [3.8, 4) is 17.0 Å². The van der Waals surface area contributed by atoms with Gasteiger partial charge in [0.2, 0.25) is 0 Å². The van der Waals surface area contributed by atoms with Crippen molar-refractivity contribution in [1.82, 2.24) is 9.55 Å². The van der Waals surface area contributed by atoms with E-state index in [2.05, 4.69) is 41.7 Å². The molecule has 0 bridgehead atoms. The first kappa shape index (κ1) is 27.1. The molecule has 4 N–H and O–H groups in total. The third-order valence-corrected chi connectivity index (χ3v) is 4.62. The molecule has 9 heteroatoms. The molecular formula is C23H34N2O7. The quantitative estimate of drug-likeness (QED) is 0.341. The predicted octanol–water partition coefficient (Wildman–Crippen LogP) is 3.19. The van der Waals surface area contributed by atoms with Crippen molar-refractivity contribution in [1.29, 1.82) is 0 Å². The minimum absolute atomic E-state index is 0.811. The Morgan fingerprint density at radius 2 is 1.53 bits per heavy atom. The molecule has 32 heavy (non-hydrogen) atoms. The lowest BCUT2D eigenvalue weighted by Gasteiger charge is -2.07. The largest absolute Gasteiger partial charge is 0.494 e. The number of carboxylic acid groups (broad SMARTS) is 2. The number of imidazole rings is 1. The summed E-state index contributed by atoms with van der Waals surface area (Å²) in [5, 5.41) is 32.5. The van der Waals surface area contributed by atoms with Gasteiger partial charge in [0.15, 0.2) is 12.2 Å². The fraction of sp³-hybridized carbons (Fsp3) is 0.522. The highest BCUT2D eigenvalue weighted by molar-refractivity contribution is 5.83. The third-order valence-electron chi connectivity index (χ3n) is 4.62. The number of aliphatic hydroxyl groups is 2. The number of ether oxygens (including phenoxy) is 1. The van der Waals surface area contributed by atoms with E-state index in [1.54, 1.807) is 0 Å². The van der Waals surface area contributed by atoms with E-state index in [0.29, 0.717) is 0 Å². The zero-order valence-electron chi connectivity index (χ0n) is 18.7. The maximum atomic E-state index is 9.77. The lowest BCUT2D eigenvalue weighted by atomic mass is 10.1. The van der Waals surface area contributed by atoms with Gasteiger partial charge in [-0.3, -0.25) is 0 Å². The highest BCUT2D eigenvalue weighted by Gasteiger charge is 2.29. The second-order valence-corrected chi connectivity index (χ2v) is 7.35. The Kier molecular flexibility index (Phi) is 12.7. The van der Waals surface area contributed by atoms with Crippen molar-refractivity contribution in [2.45, 2.75) is 71.1 Å². The Hall–Kier alpha value is -2.91. The van der Waals surface area contributed by atoms with Crippen LogP contribution in [0.5, 0.6) is 5.75 Å². The maximum Gasteiger partial charge on any atom is 0.335 e. The monoisotopic (exact) mass is 450 g/mol. The molecule has 0 saturated heterocycles. The van der Waals surface area contributed by atoms with Crippen LogP contribution in [0.2, 0.25) is 0 Å². The molecule has 0 aliphatic carbocycles. The summed E-state index contributed by atoms with van der Waals surface area (Å²) in [6.07, 6.45) is 6.86. The van der Waals surface area contributed by atoms with Crippen LogP contribution in [0.3, 0.4) is 0 Å². The number of aliphatic hydroxyl groups excluding tert-OH is 2. The number of nitrogens with zero attached hydrogens (tertiary/aromatic N) is 2. The van der Waals surface area contributed by atoms with Crippen LogP contribution in [0.4, 0.5) is 0 Å². The molecule has 2 rings (SSSR count). The molecule has 0 aliphatic rings. The lowest BCUT2D eigenvalue weighted by molar-refractivity contribution is -0.165. The van der Waals surface area contributed by atoms with Crippen LogP contribution in [0, 0.1) is 0 Å². The van der Waals surface area contributed by atoms with E-state index in [0.717, 1.165) is 36.6 Å². The average molecular weight is 451 g/mol. The zero-order valence-corrected chi connectivity index (χ0v) is 18.7. The predicted molar refractivity (Wildman–Crippen MR) is 119 cm³/mol. The van der Waals surface area contributed by atoms with Crippen LogP contribution in [0.25, 0.3) is 11.3 Å². The summed E-state index contributed by atoms with van der Waals surface area (Å²) in [5.41, 5.74) is 2.18. The fourth-order valence-electron chi connectivity index (χ4n) is 2.68. The maximum absolute atomic E-state index is 9.77. The van der Waals surface area contributed by atoms with E-state index in [1.165, 1.54) is 32.1 Å². The first-order chi connectivity index (χ1) is 15.3. The molecule has 1 aromatic carbocycles. The molecule has 0 spiro atoms. The van der Waals surface area contributed by atoms with Crippen LogP contribution in [-0.2, 0) is 16.1 Å². The van der Waals surface area contributed by atoms with Gasteiger partial charge in [-0.2, -0.15) is 0 Å². The van der Waals surface area contributed by atoms with E-state index in [4.69, 9.17) is 25.2 Å². The number of carboxylic acids is 2. The van der Waals surface area contributed by atoms with Gasteiger partial charge in [-0.1, -0.05) is 39.5 Å². The molecule has 2 atom stereocenters. The second-order valence-electron chi connectivity index (χ2n) is 7.35. The van der Waals surface area contributed by atoms with Crippen LogP contribution in [0.1, 0.15) is 52.4 Å². The highest BCUT2D eigenvalue weighted by atomic mass is 16.5. The SMILES string of the molecule is CCCCCCOc1ccc(-c2cn(CCCC)cn2)cc1.O=C(O)C(O)C(O)C(=O)O. The van der Waals surface area contributed by atoms with Crippen LogP contribution in [0.15, 0.2) is 36.8 Å². The first-order valence-corrected chi connectivity index (χ1v) is 10.9. The molecule has 1 heterocycles. The van der Waals surface area contributed by atoms with Crippen LogP contribution >= 0.6 is 0 Å². The van der Waals surface area contributed by atoms with Gasteiger partial charge < -0.3 is 29.7 Å². The zero-order chi connectivity index (χ0) is 23.9. The molecule has 2 unspecified atom stereocenters. The average Bonchev–Trinajstić information content (AvgIpc) is 3.26. The second kappa shape index (κ2) is 15.0. The summed E-state index contributed by atoms with van der Waals surface area (Å²) >= 11 is 0. The van der Waals surface area contributed by atoms with Gasteiger partial charge in [0, 0.05) is 18.3 Å². The van der Waals surface area contributed by atoms with Gasteiger partial charge in [0.1, 0.15) is 5.75 Å². The standard InChI is InChI=1S/C19H28N2O.C4H6O6/c1-3-5-7-8-14-22-18-11-9-17(10-12-18)19-15-21(16-20-19)13-6-4-2;5-1(3(7)8)2(6)4(9)10/h9-12,15-16H,3-8,13-14H2,1-2H3;1-2,5-6H,(H,7,8)(H,9,10). The summed E-state index contributed by atoms with van der Waals surface area (Å²) in [7, 11) is 0. The van der Waals surface area contributed by atoms with Crippen LogP contribution in [-0.4, -0.2) is 60.7 Å².